The topological polar surface area (TPSA) is 23.8 Å². The number of nitriles is 1. The maximum atomic E-state index is 9.79. The van der Waals surface area contributed by atoms with Crippen LogP contribution in [0.25, 0.3) is 0 Å². The molecule has 0 heterocycles. The van der Waals surface area contributed by atoms with Gasteiger partial charge in [0, 0.05) is 5.41 Å². The van der Waals surface area contributed by atoms with Crippen molar-refractivity contribution in [1.82, 2.24) is 0 Å². The van der Waals surface area contributed by atoms with Crippen molar-refractivity contribution in [1.29, 1.82) is 5.26 Å². The van der Waals surface area contributed by atoms with Crippen LogP contribution in [0.3, 0.4) is 0 Å². The fraction of sp³-hybridized carbons (Fsp3) is 0.833. The van der Waals surface area contributed by atoms with Crippen molar-refractivity contribution in [3.63, 3.8) is 0 Å². The summed E-state index contributed by atoms with van der Waals surface area (Å²) in [6.07, 6.45) is 7.81. The molecule has 0 radical (unpaired) electrons. The first-order chi connectivity index (χ1) is 8.81. The molecule has 0 aromatic carbocycles. The molecule has 0 bridgehead atoms. The van der Waals surface area contributed by atoms with Gasteiger partial charge in [0.2, 0.25) is 0 Å². The molecule has 1 saturated carbocycles. The Morgan fingerprint density at radius 2 is 2.05 bits per heavy atom. The zero-order chi connectivity index (χ0) is 14.7. The molecule has 0 N–H and O–H groups in total. The van der Waals surface area contributed by atoms with E-state index in [0.29, 0.717) is 5.92 Å². The first kappa shape index (κ1) is 16.3. The number of hydrogen-bond donors (Lipinski definition) is 0. The van der Waals surface area contributed by atoms with Gasteiger partial charge >= 0.3 is 0 Å². The molecule has 3 unspecified atom stereocenters. The van der Waals surface area contributed by atoms with Crippen LogP contribution in [0.4, 0.5) is 0 Å². The second-order valence-corrected chi connectivity index (χ2v) is 7.42. The number of hydrogen-bond acceptors (Lipinski definition) is 1. The van der Waals surface area contributed by atoms with E-state index in [0.717, 1.165) is 24.7 Å². The molecule has 1 aliphatic carbocycles. The Labute approximate surface area is 120 Å². The maximum absolute atomic E-state index is 9.79. The summed E-state index contributed by atoms with van der Waals surface area (Å²) in [7, 11) is 0. The Morgan fingerprint density at radius 3 is 2.47 bits per heavy atom. The third-order valence-corrected chi connectivity index (χ3v) is 5.48. The minimum atomic E-state index is -0.205. The Bertz CT molecular complexity index is 347. The molecule has 3 atom stereocenters. The van der Waals surface area contributed by atoms with Crippen LogP contribution in [0.2, 0.25) is 0 Å². The van der Waals surface area contributed by atoms with Crippen molar-refractivity contribution < 1.29 is 0 Å². The van der Waals surface area contributed by atoms with Crippen LogP contribution in [-0.4, -0.2) is 0 Å². The lowest BCUT2D eigenvalue weighted by Gasteiger charge is -2.48. The van der Waals surface area contributed by atoms with E-state index >= 15 is 0 Å². The number of rotatable bonds is 5. The summed E-state index contributed by atoms with van der Waals surface area (Å²) in [5.41, 5.74) is -0.291. The van der Waals surface area contributed by atoms with Gasteiger partial charge in [-0.25, -0.2) is 0 Å². The van der Waals surface area contributed by atoms with Gasteiger partial charge in [-0.15, -0.1) is 6.58 Å². The van der Waals surface area contributed by atoms with Crippen LogP contribution in [-0.2, 0) is 0 Å². The summed E-state index contributed by atoms with van der Waals surface area (Å²) in [5, 5.41) is 9.79. The van der Waals surface area contributed by atoms with Gasteiger partial charge in [-0.2, -0.15) is 5.26 Å². The van der Waals surface area contributed by atoms with Crippen molar-refractivity contribution in [2.24, 2.45) is 28.6 Å². The van der Waals surface area contributed by atoms with Crippen molar-refractivity contribution >= 4 is 0 Å². The predicted octanol–water partition coefficient (Wildman–Crippen LogP) is 5.58. The molecule has 0 aromatic heterocycles. The lowest BCUT2D eigenvalue weighted by atomic mass is 9.54. The zero-order valence-electron chi connectivity index (χ0n) is 13.5. The Morgan fingerprint density at radius 1 is 1.42 bits per heavy atom. The lowest BCUT2D eigenvalue weighted by molar-refractivity contribution is 0.0461. The molecule has 1 fully saturated rings. The Hall–Kier alpha value is -0.770. The molecule has 0 amide bonds. The summed E-state index contributed by atoms with van der Waals surface area (Å²) in [6, 6.07) is 2.68. The average molecular weight is 261 g/mol. The summed E-state index contributed by atoms with van der Waals surface area (Å²) >= 11 is 0. The molecule has 108 valence electrons. The molecule has 0 saturated heterocycles. The van der Waals surface area contributed by atoms with E-state index in [-0.39, 0.29) is 10.8 Å². The predicted molar refractivity (Wildman–Crippen MR) is 82.6 cm³/mol. The molecule has 1 rings (SSSR count). The fourth-order valence-corrected chi connectivity index (χ4v) is 3.80. The van der Waals surface area contributed by atoms with Crippen LogP contribution in [0.1, 0.15) is 66.7 Å². The van der Waals surface area contributed by atoms with Crippen LogP contribution in [0.5, 0.6) is 0 Å². The van der Waals surface area contributed by atoms with Gasteiger partial charge in [0.15, 0.2) is 0 Å². The highest BCUT2D eigenvalue weighted by Gasteiger charge is 2.48. The van der Waals surface area contributed by atoms with Crippen LogP contribution >= 0.6 is 0 Å². The largest absolute Gasteiger partial charge is 0.198 e. The van der Waals surface area contributed by atoms with Crippen molar-refractivity contribution in [3.05, 3.63) is 12.7 Å². The highest BCUT2D eigenvalue weighted by molar-refractivity contribution is 5.15. The quantitative estimate of drug-likeness (QED) is 0.592. The minimum absolute atomic E-state index is 0.0853. The molecule has 1 heteroatoms. The van der Waals surface area contributed by atoms with Crippen molar-refractivity contribution in [2.75, 3.05) is 0 Å². The number of allylic oxidation sites excluding steroid dienone is 1. The molecule has 1 nitrogen and oxygen atoms in total. The van der Waals surface area contributed by atoms with Crippen LogP contribution in [0, 0.1) is 39.9 Å². The highest BCUT2D eigenvalue weighted by Crippen LogP contribution is 2.54. The second-order valence-electron chi connectivity index (χ2n) is 7.42. The third-order valence-electron chi connectivity index (χ3n) is 5.48. The van der Waals surface area contributed by atoms with Gasteiger partial charge in [-0.1, -0.05) is 47.1 Å². The molecule has 0 aromatic rings. The molecular weight excluding hydrogens is 230 g/mol. The van der Waals surface area contributed by atoms with Gasteiger partial charge in [0.25, 0.3) is 0 Å². The van der Waals surface area contributed by atoms with Gasteiger partial charge < -0.3 is 0 Å². The first-order valence-electron chi connectivity index (χ1n) is 7.86. The Kier molecular flexibility index (Phi) is 5.25. The molecule has 1 aliphatic rings. The summed E-state index contributed by atoms with van der Waals surface area (Å²) in [4.78, 5) is 0. The van der Waals surface area contributed by atoms with E-state index in [2.05, 4.69) is 47.3 Å². The van der Waals surface area contributed by atoms with Gasteiger partial charge in [-0.3, -0.25) is 0 Å². The SMILES string of the molecule is C=CC(C)(C)C1(C#N)CCC(CC(C)C)C(CC)C1. The molecule has 19 heavy (non-hydrogen) atoms. The van der Waals surface area contributed by atoms with E-state index < -0.39 is 0 Å². The van der Waals surface area contributed by atoms with E-state index in [9.17, 15) is 5.26 Å². The van der Waals surface area contributed by atoms with E-state index in [1.807, 2.05) is 6.08 Å². The molecule has 0 aliphatic heterocycles. The van der Waals surface area contributed by atoms with Gasteiger partial charge in [-0.05, 0) is 43.4 Å². The zero-order valence-corrected chi connectivity index (χ0v) is 13.5. The first-order valence-corrected chi connectivity index (χ1v) is 7.86. The van der Waals surface area contributed by atoms with E-state index in [1.54, 1.807) is 0 Å². The standard InChI is InChI=1S/C18H31N/c1-7-15-12-18(13-19,17(5,6)8-2)10-9-16(15)11-14(3)4/h8,14-16H,2,7,9-12H2,1,3-6H3. The van der Waals surface area contributed by atoms with Gasteiger partial charge in [0.05, 0.1) is 11.5 Å². The monoisotopic (exact) mass is 261 g/mol. The molecular formula is C18H31N. The normalized spacial score (nSPS) is 32.1. The average Bonchev–Trinajstić information content (AvgIpc) is 2.38. The smallest absolute Gasteiger partial charge is 0.0698 e. The fourth-order valence-electron chi connectivity index (χ4n) is 3.80. The summed E-state index contributed by atoms with van der Waals surface area (Å²) < 4.78 is 0. The van der Waals surface area contributed by atoms with Crippen LogP contribution in [0.15, 0.2) is 12.7 Å². The highest BCUT2D eigenvalue weighted by atomic mass is 14.5. The summed E-state index contributed by atoms with van der Waals surface area (Å²) in [5.74, 6) is 2.28. The Balaban J connectivity index is 2.94. The van der Waals surface area contributed by atoms with Crippen molar-refractivity contribution in [2.45, 2.75) is 66.7 Å². The maximum Gasteiger partial charge on any atom is 0.0698 e. The lowest BCUT2D eigenvalue weighted by Crippen LogP contribution is -2.42. The third kappa shape index (κ3) is 3.22. The molecule has 0 spiro atoms. The summed E-state index contributed by atoms with van der Waals surface area (Å²) in [6.45, 7) is 15.2. The van der Waals surface area contributed by atoms with Crippen LogP contribution < -0.4 is 0 Å². The minimum Gasteiger partial charge on any atom is -0.198 e. The van der Waals surface area contributed by atoms with Gasteiger partial charge in [0.1, 0.15) is 0 Å². The van der Waals surface area contributed by atoms with E-state index in [4.69, 9.17) is 0 Å². The van der Waals surface area contributed by atoms with E-state index in [1.165, 1.54) is 19.3 Å². The number of nitrogens with zero attached hydrogens (tertiary/aromatic N) is 1. The van der Waals surface area contributed by atoms with Crippen molar-refractivity contribution in [3.8, 4) is 6.07 Å². The second kappa shape index (κ2) is 6.12.